The fourth-order valence-corrected chi connectivity index (χ4v) is 2.94. The number of hydrogen-bond donors (Lipinski definition) is 1. The Morgan fingerprint density at radius 3 is 2.65 bits per heavy atom. The number of carbonyl (C=O) groups excluding carboxylic acids is 2. The van der Waals surface area contributed by atoms with Gasteiger partial charge in [-0.15, -0.1) is 0 Å². The van der Waals surface area contributed by atoms with Gasteiger partial charge in [-0.25, -0.2) is 9.97 Å². The van der Waals surface area contributed by atoms with E-state index in [0.717, 1.165) is 17.7 Å². The maximum atomic E-state index is 12.7. The van der Waals surface area contributed by atoms with Crippen molar-refractivity contribution in [2.45, 2.75) is 33.0 Å². The van der Waals surface area contributed by atoms with Gasteiger partial charge in [0.2, 0.25) is 11.9 Å². The summed E-state index contributed by atoms with van der Waals surface area (Å²) in [7, 11) is 3.47. The molecule has 1 aliphatic heterocycles. The molecule has 0 spiro atoms. The van der Waals surface area contributed by atoms with Gasteiger partial charge in [-0.2, -0.15) is 5.10 Å². The molecule has 0 saturated carbocycles. The Balaban J connectivity index is 1.71. The van der Waals surface area contributed by atoms with Crippen molar-refractivity contribution in [3.05, 3.63) is 35.4 Å². The molecule has 0 aliphatic carbocycles. The normalized spacial score (nSPS) is 13.7. The van der Waals surface area contributed by atoms with E-state index in [9.17, 15) is 9.59 Å². The predicted molar refractivity (Wildman–Crippen MR) is 95.3 cm³/mol. The molecular formula is C17H23N7O2. The van der Waals surface area contributed by atoms with E-state index < -0.39 is 0 Å². The Morgan fingerprint density at radius 2 is 2.00 bits per heavy atom. The second-order valence-electron chi connectivity index (χ2n) is 6.36. The van der Waals surface area contributed by atoms with Crippen molar-refractivity contribution in [1.82, 2.24) is 29.5 Å². The number of rotatable bonds is 4. The molecule has 3 heterocycles. The highest BCUT2D eigenvalue weighted by Gasteiger charge is 2.22. The molecule has 0 atom stereocenters. The lowest BCUT2D eigenvalue weighted by atomic mass is 10.2. The van der Waals surface area contributed by atoms with Crippen LogP contribution < -0.4 is 5.32 Å². The van der Waals surface area contributed by atoms with Crippen molar-refractivity contribution in [3.8, 4) is 0 Å². The van der Waals surface area contributed by atoms with Crippen LogP contribution in [0.2, 0.25) is 0 Å². The first kappa shape index (κ1) is 17.8. The summed E-state index contributed by atoms with van der Waals surface area (Å²) in [5, 5.41) is 7.30. The van der Waals surface area contributed by atoms with Crippen molar-refractivity contribution < 1.29 is 9.59 Å². The Morgan fingerprint density at radius 1 is 1.27 bits per heavy atom. The van der Waals surface area contributed by atoms with E-state index >= 15 is 0 Å². The average Bonchev–Trinajstić information content (AvgIpc) is 2.92. The lowest BCUT2D eigenvalue weighted by Gasteiger charge is -2.17. The second kappa shape index (κ2) is 7.51. The molecule has 2 aromatic heterocycles. The van der Waals surface area contributed by atoms with Crippen molar-refractivity contribution in [3.63, 3.8) is 0 Å². The van der Waals surface area contributed by atoms with Crippen LogP contribution >= 0.6 is 0 Å². The molecule has 0 fully saturated rings. The molecule has 2 amide bonds. The van der Waals surface area contributed by atoms with Gasteiger partial charge in [0.25, 0.3) is 5.91 Å². The molecule has 0 saturated heterocycles. The lowest BCUT2D eigenvalue weighted by Crippen LogP contribution is -2.28. The molecule has 0 unspecified atom stereocenters. The first-order valence-corrected chi connectivity index (χ1v) is 8.54. The summed E-state index contributed by atoms with van der Waals surface area (Å²) >= 11 is 0. The van der Waals surface area contributed by atoms with E-state index in [1.807, 2.05) is 4.68 Å². The zero-order valence-corrected chi connectivity index (χ0v) is 15.3. The first-order chi connectivity index (χ1) is 12.5. The van der Waals surface area contributed by atoms with E-state index in [4.69, 9.17) is 0 Å². The average molecular weight is 357 g/mol. The minimum Gasteiger partial charge on any atom is -0.357 e. The van der Waals surface area contributed by atoms with Gasteiger partial charge < -0.3 is 15.1 Å². The van der Waals surface area contributed by atoms with Crippen molar-refractivity contribution in [2.75, 3.05) is 26.0 Å². The SMILES string of the molecule is CNc1ncc(CN(C)C(=O)c2cc3n(n2)CCCN(C(C)=O)C3)cn1. The number of carbonyl (C=O) groups is 2. The summed E-state index contributed by atoms with van der Waals surface area (Å²) < 4.78 is 1.83. The fraction of sp³-hybridized carbons (Fsp3) is 0.471. The molecule has 1 N–H and O–H groups in total. The van der Waals surface area contributed by atoms with Gasteiger partial charge >= 0.3 is 0 Å². The maximum Gasteiger partial charge on any atom is 0.274 e. The molecule has 9 heteroatoms. The van der Waals surface area contributed by atoms with Gasteiger partial charge in [0.05, 0.1) is 12.2 Å². The molecular weight excluding hydrogens is 334 g/mol. The van der Waals surface area contributed by atoms with E-state index in [1.54, 1.807) is 49.3 Å². The number of anilines is 1. The fourth-order valence-electron chi connectivity index (χ4n) is 2.94. The van der Waals surface area contributed by atoms with Gasteiger partial charge in [0.15, 0.2) is 5.69 Å². The van der Waals surface area contributed by atoms with Gasteiger partial charge in [-0.1, -0.05) is 0 Å². The third kappa shape index (κ3) is 3.81. The Hall–Kier alpha value is -2.97. The number of nitrogens with zero attached hydrogens (tertiary/aromatic N) is 6. The van der Waals surface area contributed by atoms with Crippen molar-refractivity contribution >= 4 is 17.8 Å². The highest BCUT2D eigenvalue weighted by Crippen LogP contribution is 2.15. The summed E-state index contributed by atoms with van der Waals surface area (Å²) in [6.07, 6.45) is 4.21. The summed E-state index contributed by atoms with van der Waals surface area (Å²) in [4.78, 5) is 36.0. The molecule has 0 radical (unpaired) electrons. The molecule has 0 aromatic carbocycles. The van der Waals surface area contributed by atoms with Gasteiger partial charge in [0.1, 0.15) is 0 Å². The molecule has 138 valence electrons. The number of aryl methyl sites for hydroxylation is 1. The summed E-state index contributed by atoms with van der Waals surface area (Å²) in [5.41, 5.74) is 2.11. The highest BCUT2D eigenvalue weighted by molar-refractivity contribution is 5.92. The second-order valence-corrected chi connectivity index (χ2v) is 6.36. The first-order valence-electron chi connectivity index (χ1n) is 8.54. The van der Waals surface area contributed by atoms with Crippen LogP contribution in [0.5, 0.6) is 0 Å². The molecule has 3 rings (SSSR count). The number of hydrogen-bond acceptors (Lipinski definition) is 6. The van der Waals surface area contributed by atoms with Gasteiger partial charge in [-0.05, 0) is 12.5 Å². The van der Waals surface area contributed by atoms with E-state index in [2.05, 4.69) is 20.4 Å². The van der Waals surface area contributed by atoms with Gasteiger partial charge in [0, 0.05) is 58.6 Å². The van der Waals surface area contributed by atoms with Gasteiger partial charge in [-0.3, -0.25) is 14.3 Å². The standard InChI is InChI=1S/C17H23N7O2/c1-12(25)23-5-4-6-24-14(11-23)7-15(21-24)16(26)22(3)10-13-8-19-17(18-2)20-9-13/h7-9H,4-6,10-11H2,1-3H3,(H,18,19,20). The van der Waals surface area contributed by atoms with Crippen molar-refractivity contribution in [1.29, 1.82) is 0 Å². The minimum atomic E-state index is -0.169. The van der Waals surface area contributed by atoms with Crippen LogP contribution in [0.4, 0.5) is 5.95 Å². The van der Waals surface area contributed by atoms with Crippen molar-refractivity contribution in [2.24, 2.45) is 0 Å². The van der Waals surface area contributed by atoms with E-state index in [1.165, 1.54) is 0 Å². The summed E-state index contributed by atoms with van der Waals surface area (Å²) in [6, 6.07) is 1.78. The third-order valence-electron chi connectivity index (χ3n) is 4.37. The van der Waals surface area contributed by atoms with Crippen LogP contribution in [0.15, 0.2) is 18.5 Å². The Kier molecular flexibility index (Phi) is 5.15. The molecule has 1 aliphatic rings. The van der Waals surface area contributed by atoms with Crippen LogP contribution in [-0.2, 0) is 24.4 Å². The van der Waals surface area contributed by atoms with Crippen LogP contribution in [0.1, 0.15) is 35.1 Å². The number of amides is 2. The molecule has 0 bridgehead atoms. The number of aromatic nitrogens is 4. The zero-order chi connectivity index (χ0) is 18.7. The predicted octanol–water partition coefficient (Wildman–Crippen LogP) is 0.739. The highest BCUT2D eigenvalue weighted by atomic mass is 16.2. The Labute approximate surface area is 152 Å². The Bertz CT molecular complexity index is 800. The van der Waals surface area contributed by atoms with Crippen LogP contribution in [-0.4, -0.2) is 62.0 Å². The van der Waals surface area contributed by atoms with E-state index in [0.29, 0.717) is 37.8 Å². The van der Waals surface area contributed by atoms with Crippen LogP contribution in [0.3, 0.4) is 0 Å². The third-order valence-corrected chi connectivity index (χ3v) is 4.37. The topological polar surface area (TPSA) is 96.3 Å². The lowest BCUT2D eigenvalue weighted by molar-refractivity contribution is -0.129. The largest absolute Gasteiger partial charge is 0.357 e. The zero-order valence-electron chi connectivity index (χ0n) is 15.3. The molecule has 9 nitrogen and oxygen atoms in total. The summed E-state index contributed by atoms with van der Waals surface area (Å²) in [5.74, 6) is 0.405. The smallest absolute Gasteiger partial charge is 0.274 e. The quantitative estimate of drug-likeness (QED) is 0.867. The van der Waals surface area contributed by atoms with E-state index in [-0.39, 0.29) is 11.8 Å². The number of fused-ring (bicyclic) bond motifs is 1. The number of nitrogens with one attached hydrogen (secondary N) is 1. The van der Waals surface area contributed by atoms with Crippen LogP contribution in [0, 0.1) is 0 Å². The van der Waals surface area contributed by atoms with Crippen LogP contribution in [0.25, 0.3) is 0 Å². The summed E-state index contributed by atoms with van der Waals surface area (Å²) in [6.45, 7) is 3.86. The maximum absolute atomic E-state index is 12.7. The minimum absolute atomic E-state index is 0.0367. The monoisotopic (exact) mass is 357 g/mol. The molecule has 2 aromatic rings. The molecule has 26 heavy (non-hydrogen) atoms.